The summed E-state index contributed by atoms with van der Waals surface area (Å²) < 4.78 is 0. The summed E-state index contributed by atoms with van der Waals surface area (Å²) in [5.41, 5.74) is 0.945. The highest BCUT2D eigenvalue weighted by Crippen LogP contribution is 2.25. The maximum Gasteiger partial charge on any atom is 0.241 e. The number of hydrogen-bond donors (Lipinski definition) is 2. The zero-order chi connectivity index (χ0) is 19.3. The van der Waals surface area contributed by atoms with Gasteiger partial charge in [-0.15, -0.1) is 0 Å². The molecule has 138 valence electrons. The number of amides is 2. The van der Waals surface area contributed by atoms with Gasteiger partial charge in [-0.1, -0.05) is 46.9 Å². The molecule has 0 aromatic heterocycles. The SMILES string of the molecule is CC(C(=O)Nc1cc(Cl)ccc1Cl)N(C)CC(=O)Nc1ccccc1Cl. The smallest absolute Gasteiger partial charge is 0.241 e. The Bertz CT molecular complexity index is 814. The number of hydrogen-bond acceptors (Lipinski definition) is 3. The van der Waals surface area contributed by atoms with Crippen LogP contribution in [0.5, 0.6) is 0 Å². The molecule has 0 aliphatic heterocycles. The van der Waals surface area contributed by atoms with E-state index in [9.17, 15) is 9.59 Å². The number of para-hydroxylation sites is 1. The van der Waals surface area contributed by atoms with Crippen LogP contribution < -0.4 is 10.6 Å². The first-order chi connectivity index (χ1) is 12.3. The van der Waals surface area contributed by atoms with Crippen LogP contribution in [-0.2, 0) is 9.59 Å². The van der Waals surface area contributed by atoms with Gasteiger partial charge in [-0.3, -0.25) is 14.5 Å². The van der Waals surface area contributed by atoms with E-state index in [-0.39, 0.29) is 18.4 Å². The summed E-state index contributed by atoms with van der Waals surface area (Å²) in [6.07, 6.45) is 0. The lowest BCUT2D eigenvalue weighted by atomic mass is 10.2. The maximum absolute atomic E-state index is 12.4. The van der Waals surface area contributed by atoms with Crippen LogP contribution in [0.2, 0.25) is 15.1 Å². The molecule has 2 aromatic carbocycles. The predicted octanol–water partition coefficient (Wildman–Crippen LogP) is 4.54. The van der Waals surface area contributed by atoms with Crippen molar-refractivity contribution in [1.82, 2.24) is 4.90 Å². The Balaban J connectivity index is 1.94. The molecule has 0 saturated carbocycles. The molecule has 0 bridgehead atoms. The molecule has 26 heavy (non-hydrogen) atoms. The molecule has 0 aliphatic carbocycles. The Hall–Kier alpha value is -1.79. The van der Waals surface area contributed by atoms with Crippen molar-refractivity contribution in [3.63, 3.8) is 0 Å². The molecule has 8 heteroatoms. The van der Waals surface area contributed by atoms with Crippen LogP contribution in [0.1, 0.15) is 6.92 Å². The molecular weight excluding hydrogens is 397 g/mol. The van der Waals surface area contributed by atoms with Gasteiger partial charge in [-0.2, -0.15) is 0 Å². The minimum atomic E-state index is -0.568. The summed E-state index contributed by atoms with van der Waals surface area (Å²) in [4.78, 5) is 26.2. The summed E-state index contributed by atoms with van der Waals surface area (Å²) in [5, 5.41) is 6.73. The molecule has 2 N–H and O–H groups in total. The molecule has 0 aliphatic rings. The minimum Gasteiger partial charge on any atom is -0.324 e. The Morgan fingerprint density at radius 2 is 1.65 bits per heavy atom. The Labute approximate surface area is 167 Å². The number of halogens is 3. The molecule has 2 aromatic rings. The molecule has 2 amide bonds. The van der Waals surface area contributed by atoms with Gasteiger partial charge in [0.05, 0.1) is 34.0 Å². The third-order valence-corrected chi connectivity index (χ3v) is 4.66. The van der Waals surface area contributed by atoms with E-state index in [2.05, 4.69) is 10.6 Å². The number of nitrogens with zero attached hydrogens (tertiary/aromatic N) is 1. The number of nitrogens with one attached hydrogen (secondary N) is 2. The summed E-state index contributed by atoms with van der Waals surface area (Å²) in [7, 11) is 1.68. The maximum atomic E-state index is 12.4. The lowest BCUT2D eigenvalue weighted by Gasteiger charge is -2.23. The lowest BCUT2D eigenvalue weighted by molar-refractivity contribution is -0.122. The van der Waals surface area contributed by atoms with Gasteiger partial charge >= 0.3 is 0 Å². The zero-order valence-electron chi connectivity index (χ0n) is 14.2. The summed E-state index contributed by atoms with van der Waals surface area (Å²) in [5.74, 6) is -0.580. The molecule has 0 heterocycles. The van der Waals surface area contributed by atoms with Crippen molar-refractivity contribution in [2.75, 3.05) is 24.2 Å². The second kappa shape index (κ2) is 9.24. The van der Waals surface area contributed by atoms with Gasteiger partial charge in [0.1, 0.15) is 0 Å². The van der Waals surface area contributed by atoms with Crippen molar-refractivity contribution in [3.8, 4) is 0 Å². The molecule has 5 nitrogen and oxygen atoms in total. The lowest BCUT2D eigenvalue weighted by Crippen LogP contribution is -2.43. The second-order valence-electron chi connectivity index (χ2n) is 5.73. The number of carbonyl (C=O) groups is 2. The summed E-state index contributed by atoms with van der Waals surface area (Å²) in [6.45, 7) is 1.71. The molecule has 0 spiro atoms. The number of anilines is 2. The van der Waals surface area contributed by atoms with Crippen molar-refractivity contribution >= 4 is 58.0 Å². The summed E-state index contributed by atoms with van der Waals surface area (Å²) >= 11 is 18.0. The normalized spacial score (nSPS) is 11.9. The van der Waals surface area contributed by atoms with Crippen LogP contribution in [0.3, 0.4) is 0 Å². The van der Waals surface area contributed by atoms with Gasteiger partial charge in [0, 0.05) is 5.02 Å². The van der Waals surface area contributed by atoms with E-state index >= 15 is 0 Å². The zero-order valence-corrected chi connectivity index (χ0v) is 16.5. The minimum absolute atomic E-state index is 0.0170. The molecular formula is C18H18Cl3N3O2. The molecule has 1 unspecified atom stereocenters. The quantitative estimate of drug-likeness (QED) is 0.729. The van der Waals surface area contributed by atoms with Gasteiger partial charge in [0.25, 0.3) is 0 Å². The van der Waals surface area contributed by atoms with E-state index in [1.54, 1.807) is 61.3 Å². The van der Waals surface area contributed by atoms with Crippen molar-refractivity contribution < 1.29 is 9.59 Å². The van der Waals surface area contributed by atoms with E-state index in [4.69, 9.17) is 34.8 Å². The molecule has 2 rings (SSSR count). The van der Waals surface area contributed by atoms with Crippen LogP contribution in [0, 0.1) is 0 Å². The summed E-state index contributed by atoms with van der Waals surface area (Å²) in [6, 6.07) is 11.2. The fourth-order valence-corrected chi connectivity index (χ4v) is 2.67. The van der Waals surface area contributed by atoms with Gasteiger partial charge < -0.3 is 10.6 Å². The first-order valence-electron chi connectivity index (χ1n) is 7.78. The highest BCUT2D eigenvalue weighted by molar-refractivity contribution is 6.35. The highest BCUT2D eigenvalue weighted by atomic mass is 35.5. The number of carbonyl (C=O) groups excluding carboxylic acids is 2. The number of rotatable bonds is 6. The van der Waals surface area contributed by atoms with Crippen LogP contribution in [-0.4, -0.2) is 36.3 Å². The first-order valence-corrected chi connectivity index (χ1v) is 8.92. The van der Waals surface area contributed by atoms with Crippen molar-refractivity contribution in [2.24, 2.45) is 0 Å². The Morgan fingerprint density at radius 1 is 1.00 bits per heavy atom. The number of likely N-dealkylation sites (N-methyl/N-ethyl adjacent to an activating group) is 1. The predicted molar refractivity (Wildman–Crippen MR) is 107 cm³/mol. The number of benzene rings is 2. The Kier molecular flexibility index (Phi) is 7.29. The second-order valence-corrected chi connectivity index (χ2v) is 6.98. The van der Waals surface area contributed by atoms with Crippen LogP contribution in [0.25, 0.3) is 0 Å². The molecule has 1 atom stereocenters. The van der Waals surface area contributed by atoms with E-state index in [1.807, 2.05) is 0 Å². The van der Waals surface area contributed by atoms with Gasteiger partial charge in [-0.05, 0) is 44.3 Å². The van der Waals surface area contributed by atoms with E-state index in [0.717, 1.165) is 0 Å². The van der Waals surface area contributed by atoms with Crippen molar-refractivity contribution in [2.45, 2.75) is 13.0 Å². The third kappa shape index (κ3) is 5.61. The van der Waals surface area contributed by atoms with Crippen molar-refractivity contribution in [1.29, 1.82) is 0 Å². The standard InChI is InChI=1S/C18H18Cl3N3O2/c1-11(18(26)23-16-9-12(19)7-8-14(16)21)24(2)10-17(25)22-15-6-4-3-5-13(15)20/h3-9,11H,10H2,1-2H3,(H,22,25)(H,23,26). The first kappa shape index (κ1) is 20.5. The average molecular weight is 415 g/mol. The van der Waals surface area contributed by atoms with Crippen LogP contribution >= 0.6 is 34.8 Å². The average Bonchev–Trinajstić information content (AvgIpc) is 2.59. The van der Waals surface area contributed by atoms with Gasteiger partial charge in [0.2, 0.25) is 11.8 Å². The van der Waals surface area contributed by atoms with E-state index < -0.39 is 6.04 Å². The third-order valence-electron chi connectivity index (χ3n) is 3.77. The highest BCUT2D eigenvalue weighted by Gasteiger charge is 2.21. The Morgan fingerprint density at radius 3 is 2.35 bits per heavy atom. The fraction of sp³-hybridized carbons (Fsp3) is 0.222. The van der Waals surface area contributed by atoms with Crippen molar-refractivity contribution in [3.05, 3.63) is 57.5 Å². The molecule has 0 radical (unpaired) electrons. The monoisotopic (exact) mass is 413 g/mol. The fourth-order valence-electron chi connectivity index (χ4n) is 2.15. The van der Waals surface area contributed by atoms with Crippen LogP contribution in [0.15, 0.2) is 42.5 Å². The largest absolute Gasteiger partial charge is 0.324 e. The molecule has 0 fully saturated rings. The molecule has 0 saturated heterocycles. The van der Waals surface area contributed by atoms with Crippen LogP contribution in [0.4, 0.5) is 11.4 Å². The topological polar surface area (TPSA) is 61.4 Å². The van der Waals surface area contributed by atoms with E-state index in [0.29, 0.717) is 26.4 Å². The van der Waals surface area contributed by atoms with E-state index in [1.165, 1.54) is 0 Å². The van der Waals surface area contributed by atoms with Gasteiger partial charge in [-0.25, -0.2) is 0 Å². The van der Waals surface area contributed by atoms with Gasteiger partial charge in [0.15, 0.2) is 0 Å².